The van der Waals surface area contributed by atoms with Crippen LogP contribution in [0.4, 0.5) is 0 Å². The Bertz CT molecular complexity index is 2200. The number of hydrogen-bond acceptors (Lipinski definition) is 0. The molecule has 2 radical (unpaired) electrons. The Balaban J connectivity index is 0.000000186. The molecule has 0 aromatic heterocycles. The van der Waals surface area contributed by atoms with Gasteiger partial charge in [0.25, 0.3) is 0 Å². The van der Waals surface area contributed by atoms with E-state index in [1.165, 1.54) is 154 Å². The van der Waals surface area contributed by atoms with Crippen molar-refractivity contribution in [2.45, 2.75) is 118 Å². The summed E-state index contributed by atoms with van der Waals surface area (Å²) in [6.45, 7) is 17.4. The second kappa shape index (κ2) is 22.3. The van der Waals surface area contributed by atoms with E-state index in [0.29, 0.717) is 0 Å². The minimum absolute atomic E-state index is 0. The maximum atomic E-state index is 3.49. The maximum absolute atomic E-state index is 3.49. The van der Waals surface area contributed by atoms with Crippen molar-refractivity contribution in [1.82, 2.24) is 0 Å². The van der Waals surface area contributed by atoms with Crippen LogP contribution in [0, 0.1) is 101 Å². The fourth-order valence-electron chi connectivity index (χ4n) is 14.9. The molecule has 0 spiro atoms. The summed E-state index contributed by atoms with van der Waals surface area (Å²) in [6, 6.07) is 37.6. The Morgan fingerprint density at radius 1 is 0.500 bits per heavy atom. The fourth-order valence-corrected chi connectivity index (χ4v) is 14.9. The molecule has 8 saturated carbocycles. The van der Waals surface area contributed by atoms with Crippen molar-refractivity contribution in [3.05, 3.63) is 145 Å². The molecule has 8 aliphatic carbocycles. The Morgan fingerprint density at radius 2 is 0.797 bits per heavy atom. The van der Waals surface area contributed by atoms with Crippen molar-refractivity contribution in [2.24, 2.45) is 59.2 Å². The molecule has 0 nitrogen and oxygen atoms in total. The Morgan fingerprint density at radius 3 is 1.09 bits per heavy atom. The summed E-state index contributed by atoms with van der Waals surface area (Å²) in [5.74, 6) is 10.3. The molecule has 340 valence electrons. The molecule has 0 heterocycles. The Kier molecular flexibility index (Phi) is 17.8. The van der Waals surface area contributed by atoms with Gasteiger partial charge in [-0.15, -0.1) is 93.9 Å². The second-order valence-electron chi connectivity index (χ2n) is 21.2. The molecule has 64 heavy (non-hydrogen) atoms. The molecule has 6 aromatic rings. The molecule has 8 bridgehead atoms. The molecule has 0 aliphatic heterocycles. The van der Waals surface area contributed by atoms with E-state index in [4.69, 9.17) is 0 Å². The number of aryl methyl sites for hydroxylation is 4. The predicted molar refractivity (Wildman–Crippen MR) is 280 cm³/mol. The van der Waals surface area contributed by atoms with Gasteiger partial charge in [-0.3, -0.25) is 0 Å². The third kappa shape index (κ3) is 10.9. The molecule has 8 aliphatic rings. The van der Waals surface area contributed by atoms with Crippen molar-refractivity contribution in [1.29, 1.82) is 0 Å². The molecule has 0 unspecified atom stereocenters. The molecule has 4 heteroatoms. The Hall–Kier alpha value is -2.22. The predicted octanol–water partition coefficient (Wildman–Crippen LogP) is 17.1. The average Bonchev–Trinajstić information content (AvgIpc) is 3.84. The first-order chi connectivity index (χ1) is 29.7. The van der Waals surface area contributed by atoms with E-state index in [9.17, 15) is 0 Å². The molecular formula is C60H74Cl2SiZr-4. The molecule has 14 rings (SSSR count). The fraction of sp³-hybridized carbons (Fsp3) is 0.467. The van der Waals surface area contributed by atoms with Crippen LogP contribution in [0.2, 0.25) is 0 Å². The van der Waals surface area contributed by atoms with Gasteiger partial charge in [0.1, 0.15) is 0 Å². The van der Waals surface area contributed by atoms with Crippen molar-refractivity contribution in [3.63, 3.8) is 0 Å². The molecule has 0 N–H and O–H groups in total. The van der Waals surface area contributed by atoms with Gasteiger partial charge in [-0.05, 0) is 175 Å². The van der Waals surface area contributed by atoms with Gasteiger partial charge in [0.15, 0.2) is 0 Å². The molecule has 0 atom stereocenters. The van der Waals surface area contributed by atoms with Gasteiger partial charge in [0, 0.05) is 0 Å². The van der Waals surface area contributed by atoms with Gasteiger partial charge in [-0.2, -0.15) is 18.6 Å². The van der Waals surface area contributed by atoms with Crippen LogP contribution in [0.5, 0.6) is 0 Å². The van der Waals surface area contributed by atoms with Gasteiger partial charge in [0.05, 0.1) is 0 Å². The third-order valence-corrected chi connectivity index (χ3v) is 16.5. The van der Waals surface area contributed by atoms with Crippen molar-refractivity contribution >= 4 is 53.2 Å². The van der Waals surface area contributed by atoms with E-state index in [0.717, 1.165) is 65.6 Å². The monoisotopic (exact) mass is 982 g/mol. The summed E-state index contributed by atoms with van der Waals surface area (Å²) in [4.78, 5) is 0. The van der Waals surface area contributed by atoms with Crippen molar-refractivity contribution in [3.8, 4) is 22.3 Å². The van der Waals surface area contributed by atoms with Gasteiger partial charge >= 0.3 is 30.2 Å². The number of halogens is 2. The Labute approximate surface area is 417 Å². The number of hydrogen-bond donors (Lipinski definition) is 0. The van der Waals surface area contributed by atoms with Crippen molar-refractivity contribution in [2.75, 3.05) is 0 Å². The molecule has 0 amide bonds. The van der Waals surface area contributed by atoms with Crippen LogP contribution in [-0.4, -0.2) is 6.88 Å². The first kappa shape index (κ1) is 51.2. The van der Waals surface area contributed by atoms with Gasteiger partial charge in [0.2, 0.25) is 0 Å². The van der Waals surface area contributed by atoms with Gasteiger partial charge in [-0.25, -0.2) is 0 Å². The van der Waals surface area contributed by atoms with Crippen LogP contribution in [0.1, 0.15) is 111 Å². The molecular weight excluding hydrogens is 911 g/mol. The average molecular weight is 985 g/mol. The van der Waals surface area contributed by atoms with E-state index >= 15 is 0 Å². The van der Waals surface area contributed by atoms with E-state index in [2.05, 4.69) is 139 Å². The van der Waals surface area contributed by atoms with E-state index < -0.39 is 0 Å². The van der Waals surface area contributed by atoms with E-state index in [1.54, 1.807) is 24.0 Å². The molecule has 6 aromatic carbocycles. The van der Waals surface area contributed by atoms with Crippen LogP contribution in [0.25, 0.3) is 43.8 Å². The van der Waals surface area contributed by atoms with Crippen LogP contribution in [0.15, 0.2) is 97.1 Å². The summed E-state index contributed by atoms with van der Waals surface area (Å²) < 4.78 is 0. The van der Waals surface area contributed by atoms with Crippen molar-refractivity contribution < 1.29 is 23.3 Å². The van der Waals surface area contributed by atoms with E-state index in [-0.39, 0.29) is 32.2 Å². The van der Waals surface area contributed by atoms with Gasteiger partial charge < -0.3 is 14.4 Å². The van der Waals surface area contributed by atoms with Crippen LogP contribution >= 0.6 is 24.8 Å². The first-order valence-electron chi connectivity index (χ1n) is 24.2. The number of fused-ring (bicyclic) bond motifs is 2. The molecule has 0 saturated heterocycles. The zero-order valence-corrected chi connectivity index (χ0v) is 44.8. The minimum atomic E-state index is 0. The number of rotatable bonds is 6. The zero-order valence-electron chi connectivity index (χ0n) is 39.7. The zero-order chi connectivity index (χ0) is 42.4. The first-order valence-corrected chi connectivity index (χ1v) is 28.4. The molecule has 8 fully saturated rings. The standard InChI is InChI=1S/2C28H31.C3H7.CH3.2ClH.Si.Zr/c2*1-17-6-18(2)8-23(7-17)26-5-3-4-22-10-21(16-28(22)26)15-27-24-11-19-9-20(13-24)14-25(27)12-19;1-3-2;;;;;/h2*3-8,10,16,19-20,24-25,27H,9,11-15H2,1-2H3;1,3H2,2H3;1H3;2*1H;;/q4*-1;;;;. The van der Waals surface area contributed by atoms with Crippen LogP contribution in [-0.2, 0) is 36.2 Å². The van der Waals surface area contributed by atoms with Crippen LogP contribution < -0.4 is 0 Å². The normalized spacial score (nSPS) is 27.5. The van der Waals surface area contributed by atoms with Crippen LogP contribution in [0.3, 0.4) is 0 Å². The summed E-state index contributed by atoms with van der Waals surface area (Å²) in [7, 11) is 0. The topological polar surface area (TPSA) is 0 Å². The summed E-state index contributed by atoms with van der Waals surface area (Å²) in [5, 5.41) is 5.75. The quantitative estimate of drug-likeness (QED) is 0.115. The third-order valence-electron chi connectivity index (χ3n) is 16.5. The van der Waals surface area contributed by atoms with E-state index in [1.807, 2.05) is 6.92 Å². The second-order valence-corrected chi connectivity index (χ2v) is 21.2. The summed E-state index contributed by atoms with van der Waals surface area (Å²) in [5.41, 5.74) is 14.1. The number of benzene rings is 4. The van der Waals surface area contributed by atoms with Gasteiger partial charge in [-0.1, -0.05) is 88.8 Å². The summed E-state index contributed by atoms with van der Waals surface area (Å²) >= 11 is 1.36. The summed E-state index contributed by atoms with van der Waals surface area (Å²) in [6.07, 6.45) is 19.0. The SMILES string of the molecule is Cc1cc(C)cc(-c2cccc3[cH-]c(CC4C5CC6CC(C5)CC4C6)cc23)c1.Cc1cc(C)cc(-c2cccc3[cH-]c(CC4C5CC6CC(C5)CC4C6)cc23)c1.Cl.Cl.[CH2-]CC.[CH3-].[Si]=[Zr].